The summed E-state index contributed by atoms with van der Waals surface area (Å²) in [6.07, 6.45) is 0. The number of rotatable bonds is 3. The van der Waals surface area contributed by atoms with Gasteiger partial charge in [-0.15, -0.1) is 0 Å². The molecule has 0 aromatic carbocycles. The standard InChI is InChI=1S/C5H4IN3O2/c6-2-1-3-11-5(10)4-8-9-7/h3-4H2. The minimum Gasteiger partial charge on any atom is -0.452 e. The van der Waals surface area contributed by atoms with Gasteiger partial charge in [-0.2, -0.15) is 0 Å². The first-order valence-electron chi connectivity index (χ1n) is 2.56. The molecule has 0 radical (unpaired) electrons. The summed E-state index contributed by atoms with van der Waals surface area (Å²) in [6.45, 7) is -0.234. The lowest BCUT2D eigenvalue weighted by atomic mass is 10.7. The summed E-state index contributed by atoms with van der Waals surface area (Å²) >= 11 is 1.83. The Morgan fingerprint density at radius 3 is 3.09 bits per heavy atom. The van der Waals surface area contributed by atoms with Crippen LogP contribution in [0.15, 0.2) is 5.11 Å². The number of nitrogens with zero attached hydrogens (tertiary/aromatic N) is 3. The largest absolute Gasteiger partial charge is 0.452 e. The Balaban J connectivity index is 3.50. The highest BCUT2D eigenvalue weighted by Crippen LogP contribution is 1.80. The van der Waals surface area contributed by atoms with Crippen molar-refractivity contribution in [3.63, 3.8) is 0 Å². The number of carbonyl (C=O) groups is 1. The Bertz CT molecular complexity index is 236. The SMILES string of the molecule is [N-]=[N+]=NCC(=O)OCC#CI. The Morgan fingerprint density at radius 2 is 2.55 bits per heavy atom. The van der Waals surface area contributed by atoms with Crippen LogP contribution in [0.25, 0.3) is 10.4 Å². The molecule has 0 spiro atoms. The Morgan fingerprint density at radius 1 is 1.82 bits per heavy atom. The van der Waals surface area contributed by atoms with Gasteiger partial charge in [-0.25, -0.2) is 0 Å². The highest BCUT2D eigenvalue weighted by molar-refractivity contribution is 14.1. The van der Waals surface area contributed by atoms with E-state index in [1.165, 1.54) is 0 Å². The predicted octanol–water partition coefficient (Wildman–Crippen LogP) is 1.24. The zero-order valence-corrected chi connectivity index (χ0v) is 7.61. The molecule has 0 amide bonds. The van der Waals surface area contributed by atoms with Crippen LogP contribution in [0.3, 0.4) is 0 Å². The van der Waals surface area contributed by atoms with Gasteiger partial charge in [0.1, 0.15) is 6.54 Å². The average Bonchev–Trinajstić information content (AvgIpc) is 2.01. The third-order valence-electron chi connectivity index (χ3n) is 0.635. The Hall–Kier alpha value is -0.930. The fourth-order valence-corrected chi connectivity index (χ4v) is 0.435. The summed E-state index contributed by atoms with van der Waals surface area (Å²) in [5, 5.41) is 3.01. The van der Waals surface area contributed by atoms with Gasteiger partial charge < -0.3 is 4.74 Å². The first-order chi connectivity index (χ1) is 5.31. The second kappa shape index (κ2) is 7.18. The van der Waals surface area contributed by atoms with Crippen molar-refractivity contribution >= 4 is 28.6 Å². The molecule has 58 valence electrons. The molecular formula is C5H4IN3O2. The molecule has 5 nitrogen and oxygen atoms in total. The van der Waals surface area contributed by atoms with Gasteiger partial charge in [0.15, 0.2) is 6.61 Å². The minimum atomic E-state index is -0.568. The number of esters is 1. The van der Waals surface area contributed by atoms with Gasteiger partial charge in [0, 0.05) is 27.5 Å². The summed E-state index contributed by atoms with van der Waals surface area (Å²) in [7, 11) is 0. The molecule has 0 aliphatic carbocycles. The molecule has 0 aliphatic heterocycles. The smallest absolute Gasteiger partial charge is 0.312 e. The van der Waals surface area contributed by atoms with E-state index in [9.17, 15) is 4.79 Å². The van der Waals surface area contributed by atoms with Crippen molar-refractivity contribution in [1.29, 1.82) is 0 Å². The van der Waals surface area contributed by atoms with E-state index in [1.807, 2.05) is 22.6 Å². The lowest BCUT2D eigenvalue weighted by molar-refractivity contribution is -0.140. The number of ether oxygens (including phenoxy) is 1. The van der Waals surface area contributed by atoms with Crippen LogP contribution in [0.2, 0.25) is 0 Å². The topological polar surface area (TPSA) is 75.1 Å². The second-order valence-corrected chi connectivity index (χ2v) is 1.86. The molecule has 0 unspecified atom stereocenters. The van der Waals surface area contributed by atoms with Crippen LogP contribution in [0.4, 0.5) is 0 Å². The van der Waals surface area contributed by atoms with Crippen LogP contribution in [0.5, 0.6) is 0 Å². The maximum absolute atomic E-state index is 10.5. The highest BCUT2D eigenvalue weighted by atomic mass is 127. The number of azide groups is 1. The third-order valence-corrected chi connectivity index (χ3v) is 1.02. The van der Waals surface area contributed by atoms with Crippen molar-refractivity contribution < 1.29 is 9.53 Å². The molecule has 0 aromatic rings. The number of carbonyl (C=O) groups excluding carboxylic acids is 1. The monoisotopic (exact) mass is 265 g/mol. The maximum atomic E-state index is 10.5. The van der Waals surface area contributed by atoms with Crippen LogP contribution in [0, 0.1) is 9.85 Å². The van der Waals surface area contributed by atoms with Crippen LogP contribution >= 0.6 is 22.6 Å². The van der Waals surface area contributed by atoms with Crippen LogP contribution in [0.1, 0.15) is 0 Å². The van der Waals surface area contributed by atoms with Gasteiger partial charge in [-0.05, 0) is 9.46 Å². The molecule has 0 rings (SSSR count). The molecule has 0 fully saturated rings. The molecule has 0 aliphatic rings. The molecule has 0 bridgehead atoms. The van der Waals surface area contributed by atoms with Crippen molar-refractivity contribution in [1.82, 2.24) is 0 Å². The molecule has 0 N–H and O–H groups in total. The Kier molecular flexibility index (Phi) is 6.57. The summed E-state index contributed by atoms with van der Waals surface area (Å²) in [5.41, 5.74) is 7.81. The van der Waals surface area contributed by atoms with E-state index in [4.69, 9.17) is 5.53 Å². The van der Waals surface area contributed by atoms with Crippen LogP contribution in [-0.4, -0.2) is 19.1 Å². The maximum Gasteiger partial charge on any atom is 0.312 e. The summed E-state index contributed by atoms with van der Waals surface area (Å²) < 4.78 is 7.02. The predicted molar refractivity (Wildman–Crippen MR) is 46.8 cm³/mol. The fraction of sp³-hybridized carbons (Fsp3) is 0.400. The van der Waals surface area contributed by atoms with Crippen molar-refractivity contribution in [2.45, 2.75) is 0 Å². The average molecular weight is 265 g/mol. The zero-order valence-electron chi connectivity index (χ0n) is 5.45. The van der Waals surface area contributed by atoms with E-state index in [2.05, 4.69) is 24.6 Å². The summed E-state index contributed by atoms with van der Waals surface area (Å²) in [4.78, 5) is 12.9. The zero-order chi connectivity index (χ0) is 8.53. The molecule has 0 atom stereocenters. The van der Waals surface area contributed by atoms with E-state index < -0.39 is 5.97 Å². The molecule has 6 heteroatoms. The van der Waals surface area contributed by atoms with Crippen molar-refractivity contribution in [2.75, 3.05) is 13.2 Å². The minimum absolute atomic E-state index is 0.0444. The van der Waals surface area contributed by atoms with E-state index in [0.717, 1.165) is 0 Å². The molecule has 11 heavy (non-hydrogen) atoms. The normalized spacial score (nSPS) is 7.00. The van der Waals surface area contributed by atoms with Crippen LogP contribution < -0.4 is 0 Å². The molecule has 0 heterocycles. The fourth-order valence-electron chi connectivity index (χ4n) is 0.279. The number of hydrogen-bond donors (Lipinski definition) is 0. The van der Waals surface area contributed by atoms with Gasteiger partial charge in [0.2, 0.25) is 0 Å². The van der Waals surface area contributed by atoms with Gasteiger partial charge in [-0.1, -0.05) is 11.0 Å². The first-order valence-corrected chi connectivity index (χ1v) is 3.64. The van der Waals surface area contributed by atoms with Crippen molar-refractivity contribution in [3.8, 4) is 9.85 Å². The van der Waals surface area contributed by atoms with Gasteiger partial charge >= 0.3 is 5.97 Å². The van der Waals surface area contributed by atoms with Gasteiger partial charge in [-0.3, -0.25) is 4.79 Å². The second-order valence-electron chi connectivity index (χ2n) is 1.32. The summed E-state index contributed by atoms with van der Waals surface area (Å²) in [6, 6.07) is 0. The lowest BCUT2D eigenvalue weighted by Gasteiger charge is -1.93. The number of hydrogen-bond acceptors (Lipinski definition) is 3. The highest BCUT2D eigenvalue weighted by Gasteiger charge is 1.96. The van der Waals surface area contributed by atoms with E-state index in [1.54, 1.807) is 0 Å². The molecular weight excluding hydrogens is 261 g/mol. The summed E-state index contributed by atoms with van der Waals surface area (Å²) in [5.74, 6) is 1.95. The lowest BCUT2D eigenvalue weighted by Crippen LogP contribution is -2.07. The Labute approximate surface area is 76.9 Å². The third kappa shape index (κ3) is 6.96. The number of halogens is 1. The van der Waals surface area contributed by atoms with Crippen molar-refractivity contribution in [2.24, 2.45) is 5.11 Å². The molecule has 0 saturated carbocycles. The van der Waals surface area contributed by atoms with Crippen molar-refractivity contribution in [3.05, 3.63) is 10.4 Å². The van der Waals surface area contributed by atoms with E-state index in [-0.39, 0.29) is 13.2 Å². The first kappa shape index (κ1) is 10.1. The van der Waals surface area contributed by atoms with Gasteiger partial charge in [0.25, 0.3) is 0 Å². The van der Waals surface area contributed by atoms with Gasteiger partial charge in [0.05, 0.1) is 0 Å². The van der Waals surface area contributed by atoms with E-state index in [0.29, 0.717) is 0 Å². The quantitative estimate of drug-likeness (QED) is 0.192. The van der Waals surface area contributed by atoms with Crippen LogP contribution in [-0.2, 0) is 9.53 Å². The molecule has 0 aromatic heterocycles. The molecule has 0 saturated heterocycles. The van der Waals surface area contributed by atoms with E-state index >= 15 is 0 Å².